The second kappa shape index (κ2) is 12.9. The number of ether oxygens (including phenoxy) is 1. The summed E-state index contributed by atoms with van der Waals surface area (Å²) in [5.74, 6) is 0. The maximum Gasteiger partial charge on any atom is 0.0833 e. The number of hydrogen-bond donors (Lipinski definition) is 0. The Morgan fingerprint density at radius 1 is 0.720 bits per heavy atom. The van der Waals surface area contributed by atoms with Crippen LogP contribution in [-0.2, 0) is 11.3 Å². The van der Waals surface area contributed by atoms with Gasteiger partial charge in [0.05, 0.1) is 12.7 Å². The summed E-state index contributed by atoms with van der Waals surface area (Å²) in [5.41, 5.74) is 1.29. The summed E-state index contributed by atoms with van der Waals surface area (Å²) in [6.45, 7) is 7.96. The average Bonchev–Trinajstić information content (AvgIpc) is 2.62. The average molecular weight is 389 g/mol. The molecule has 144 valence electrons. The van der Waals surface area contributed by atoms with E-state index >= 15 is 0 Å². The van der Waals surface area contributed by atoms with Crippen LogP contribution < -0.4 is 0 Å². The van der Waals surface area contributed by atoms with E-state index in [0.29, 0.717) is 6.10 Å². The molecule has 5 heteroatoms. The third-order valence-electron chi connectivity index (χ3n) is 5.15. The molecule has 1 aromatic rings. The van der Waals surface area contributed by atoms with Crippen LogP contribution >= 0.6 is 24.8 Å². The van der Waals surface area contributed by atoms with Crippen molar-refractivity contribution in [1.29, 1.82) is 0 Å². The lowest BCUT2D eigenvalue weighted by Crippen LogP contribution is -2.44. The molecule has 2 aliphatic heterocycles. The summed E-state index contributed by atoms with van der Waals surface area (Å²) >= 11 is 0. The second-order valence-electron chi connectivity index (χ2n) is 7.14. The third kappa shape index (κ3) is 8.27. The Labute approximate surface area is 165 Å². The molecule has 3 rings (SSSR count). The van der Waals surface area contributed by atoms with Gasteiger partial charge in [-0.05, 0) is 57.4 Å². The highest BCUT2D eigenvalue weighted by Crippen LogP contribution is 2.14. The third-order valence-corrected chi connectivity index (χ3v) is 5.15. The minimum atomic E-state index is 0. The Balaban J connectivity index is 0.00000156. The summed E-state index contributed by atoms with van der Waals surface area (Å²) in [7, 11) is 0. The fourth-order valence-corrected chi connectivity index (χ4v) is 3.81. The smallest absolute Gasteiger partial charge is 0.0833 e. The van der Waals surface area contributed by atoms with Crippen LogP contribution in [0.3, 0.4) is 0 Å². The van der Waals surface area contributed by atoms with E-state index in [1.54, 1.807) is 0 Å². The van der Waals surface area contributed by atoms with Crippen LogP contribution in [-0.4, -0.2) is 55.2 Å². The van der Waals surface area contributed by atoms with Crippen LogP contribution in [0, 0.1) is 0 Å². The minimum absolute atomic E-state index is 0. The molecule has 0 amide bonds. The zero-order valence-electron chi connectivity index (χ0n) is 15.3. The standard InChI is InChI=1S/C20H32N2O.2ClH/c1-4-10-19(11-5-1)18-23-20(16-21-12-6-2-7-13-21)17-22-14-8-3-9-15-22;;/h1,4-5,10-11,20H,2-3,6-9,12-18H2;2*1H. The van der Waals surface area contributed by atoms with Gasteiger partial charge in [0.15, 0.2) is 0 Å². The van der Waals surface area contributed by atoms with Crippen LogP contribution in [0.2, 0.25) is 0 Å². The van der Waals surface area contributed by atoms with Gasteiger partial charge in [0.2, 0.25) is 0 Å². The summed E-state index contributed by atoms with van der Waals surface area (Å²) < 4.78 is 6.35. The molecule has 0 N–H and O–H groups in total. The van der Waals surface area contributed by atoms with Gasteiger partial charge >= 0.3 is 0 Å². The molecule has 0 saturated carbocycles. The van der Waals surface area contributed by atoms with Crippen LogP contribution in [0.15, 0.2) is 30.3 Å². The predicted molar refractivity (Wildman–Crippen MR) is 110 cm³/mol. The number of likely N-dealkylation sites (tertiary alicyclic amines) is 2. The lowest BCUT2D eigenvalue weighted by molar-refractivity contribution is -0.0118. The van der Waals surface area contributed by atoms with E-state index in [2.05, 4.69) is 40.1 Å². The first-order chi connectivity index (χ1) is 11.4. The Morgan fingerprint density at radius 3 is 1.68 bits per heavy atom. The molecule has 2 fully saturated rings. The zero-order valence-corrected chi connectivity index (χ0v) is 16.9. The molecule has 0 atom stereocenters. The van der Waals surface area contributed by atoms with Gasteiger partial charge in [0, 0.05) is 13.1 Å². The number of benzene rings is 1. The SMILES string of the molecule is Cl.Cl.c1ccc(COC(CN2CCCCC2)CN2CCCCC2)cc1. The maximum absolute atomic E-state index is 6.35. The maximum atomic E-state index is 6.35. The van der Waals surface area contributed by atoms with Gasteiger partial charge in [-0.25, -0.2) is 0 Å². The molecule has 0 spiro atoms. The zero-order chi connectivity index (χ0) is 15.7. The van der Waals surface area contributed by atoms with Gasteiger partial charge in [-0.2, -0.15) is 0 Å². The van der Waals surface area contributed by atoms with E-state index in [4.69, 9.17) is 4.74 Å². The van der Waals surface area contributed by atoms with Crippen LogP contribution in [0.5, 0.6) is 0 Å². The lowest BCUT2D eigenvalue weighted by Gasteiger charge is -2.34. The van der Waals surface area contributed by atoms with E-state index < -0.39 is 0 Å². The first-order valence-electron chi connectivity index (χ1n) is 9.50. The van der Waals surface area contributed by atoms with Crippen molar-refractivity contribution >= 4 is 24.8 Å². The number of hydrogen-bond acceptors (Lipinski definition) is 3. The minimum Gasteiger partial charge on any atom is -0.371 e. The van der Waals surface area contributed by atoms with Gasteiger partial charge in [-0.1, -0.05) is 43.2 Å². The van der Waals surface area contributed by atoms with Gasteiger partial charge in [-0.3, -0.25) is 0 Å². The molecule has 25 heavy (non-hydrogen) atoms. The first-order valence-corrected chi connectivity index (χ1v) is 9.50. The summed E-state index contributed by atoms with van der Waals surface area (Å²) in [6.07, 6.45) is 8.57. The molecule has 0 aromatic heterocycles. The van der Waals surface area contributed by atoms with Crippen molar-refractivity contribution in [3.63, 3.8) is 0 Å². The lowest BCUT2D eigenvalue weighted by atomic mass is 10.1. The molecule has 0 aliphatic carbocycles. The first kappa shape index (κ1) is 22.7. The van der Waals surface area contributed by atoms with Crippen molar-refractivity contribution < 1.29 is 4.74 Å². The molecule has 2 heterocycles. The van der Waals surface area contributed by atoms with Crippen LogP contribution in [0.1, 0.15) is 44.1 Å². The summed E-state index contributed by atoms with van der Waals surface area (Å²) in [4.78, 5) is 5.23. The number of nitrogens with zero attached hydrogens (tertiary/aromatic N) is 2. The normalized spacial score (nSPS) is 19.2. The van der Waals surface area contributed by atoms with Crippen molar-refractivity contribution in [2.75, 3.05) is 39.3 Å². The molecule has 0 radical (unpaired) electrons. The highest BCUT2D eigenvalue weighted by molar-refractivity contribution is 5.85. The van der Waals surface area contributed by atoms with E-state index in [0.717, 1.165) is 19.7 Å². The van der Waals surface area contributed by atoms with Crippen molar-refractivity contribution in [1.82, 2.24) is 9.80 Å². The number of rotatable bonds is 7. The fourth-order valence-electron chi connectivity index (χ4n) is 3.81. The highest BCUT2D eigenvalue weighted by atomic mass is 35.5. The van der Waals surface area contributed by atoms with E-state index in [1.165, 1.54) is 70.3 Å². The number of piperidine rings is 2. The quantitative estimate of drug-likeness (QED) is 0.688. The van der Waals surface area contributed by atoms with Crippen LogP contribution in [0.25, 0.3) is 0 Å². The molecule has 3 nitrogen and oxygen atoms in total. The van der Waals surface area contributed by atoms with Crippen molar-refractivity contribution in [3.8, 4) is 0 Å². The van der Waals surface area contributed by atoms with E-state index in [1.807, 2.05) is 0 Å². The molecule has 2 saturated heterocycles. The van der Waals surface area contributed by atoms with E-state index in [9.17, 15) is 0 Å². The molecule has 0 unspecified atom stereocenters. The Bertz CT molecular complexity index is 415. The monoisotopic (exact) mass is 388 g/mol. The van der Waals surface area contributed by atoms with Crippen molar-refractivity contribution in [3.05, 3.63) is 35.9 Å². The van der Waals surface area contributed by atoms with Crippen molar-refractivity contribution in [2.24, 2.45) is 0 Å². The molecular formula is C20H34Cl2N2O. The largest absolute Gasteiger partial charge is 0.371 e. The van der Waals surface area contributed by atoms with Gasteiger partial charge < -0.3 is 14.5 Å². The molecular weight excluding hydrogens is 355 g/mol. The second-order valence-corrected chi connectivity index (χ2v) is 7.14. The Hall–Kier alpha value is -0.320. The van der Waals surface area contributed by atoms with Gasteiger partial charge in [0.1, 0.15) is 0 Å². The predicted octanol–water partition coefficient (Wildman–Crippen LogP) is 4.39. The van der Waals surface area contributed by atoms with Gasteiger partial charge in [-0.15, -0.1) is 24.8 Å². The molecule has 1 aromatic carbocycles. The summed E-state index contributed by atoms with van der Waals surface area (Å²) in [5, 5.41) is 0. The Kier molecular flexibility index (Phi) is 11.8. The molecule has 2 aliphatic rings. The number of halogens is 2. The summed E-state index contributed by atoms with van der Waals surface area (Å²) in [6, 6.07) is 10.6. The van der Waals surface area contributed by atoms with Crippen molar-refractivity contribution in [2.45, 2.75) is 51.2 Å². The van der Waals surface area contributed by atoms with Crippen LogP contribution in [0.4, 0.5) is 0 Å². The topological polar surface area (TPSA) is 15.7 Å². The van der Waals surface area contributed by atoms with Gasteiger partial charge in [0.25, 0.3) is 0 Å². The highest BCUT2D eigenvalue weighted by Gasteiger charge is 2.21. The fraction of sp³-hybridized carbons (Fsp3) is 0.700. The molecule has 0 bridgehead atoms. The Morgan fingerprint density at radius 2 is 1.20 bits per heavy atom. The van der Waals surface area contributed by atoms with E-state index in [-0.39, 0.29) is 24.8 Å².